The number of nitroso groups, excluding NO2 is 1. The number of nitrogens with two attached hydrogens (primary N) is 1. The van der Waals surface area contributed by atoms with Crippen molar-refractivity contribution in [3.8, 4) is 0 Å². The summed E-state index contributed by atoms with van der Waals surface area (Å²) in [6.07, 6.45) is 12.5. The van der Waals surface area contributed by atoms with Crippen molar-refractivity contribution in [2.45, 2.75) is 78.1 Å². The van der Waals surface area contributed by atoms with Crippen molar-refractivity contribution in [3.05, 3.63) is 4.91 Å². The fraction of sp³-hybridized carbons (Fsp3) is 0.867. The predicted molar refractivity (Wildman–Crippen MR) is 86.9 cm³/mol. The van der Waals surface area contributed by atoms with Crippen molar-refractivity contribution in [1.29, 1.82) is 5.41 Å². The third-order valence-corrected chi connectivity index (χ3v) is 3.10. The first-order valence-electron chi connectivity index (χ1n) is 8.08. The molecule has 0 rings (SSSR count). The monoisotopic (exact) mass is 315 g/mol. The second-order valence-electron chi connectivity index (χ2n) is 5.26. The minimum atomic E-state index is -1.08. The van der Waals surface area contributed by atoms with Gasteiger partial charge in [-0.05, 0) is 13.3 Å². The van der Waals surface area contributed by atoms with Crippen LogP contribution in [0.4, 0.5) is 0 Å². The van der Waals surface area contributed by atoms with Crippen LogP contribution in [0.15, 0.2) is 5.29 Å². The quantitative estimate of drug-likeness (QED) is 0.188. The molecular weight excluding hydrogens is 284 g/mol. The first-order valence-corrected chi connectivity index (χ1v) is 8.08. The third kappa shape index (κ3) is 20.7. The SMILES string of the molecule is CC(=O)[O-].CCCCCCCCCCCCN(N=O)C(=N)N. The van der Waals surface area contributed by atoms with Gasteiger partial charge in [0.1, 0.15) is 0 Å². The first kappa shape index (κ1) is 22.6. The molecule has 0 spiro atoms. The molecule has 0 heterocycles. The number of carbonyl (C=O) groups is 1. The molecule has 22 heavy (non-hydrogen) atoms. The van der Waals surface area contributed by atoms with Gasteiger partial charge < -0.3 is 15.6 Å². The van der Waals surface area contributed by atoms with Crippen LogP contribution in [0, 0.1) is 10.3 Å². The smallest absolute Gasteiger partial charge is 0.211 e. The molecule has 0 radical (unpaired) electrons. The van der Waals surface area contributed by atoms with Gasteiger partial charge in [0.25, 0.3) is 0 Å². The fourth-order valence-corrected chi connectivity index (χ4v) is 1.95. The van der Waals surface area contributed by atoms with E-state index in [1.165, 1.54) is 51.4 Å². The molecule has 0 saturated heterocycles. The molecule has 0 aliphatic heterocycles. The van der Waals surface area contributed by atoms with Crippen molar-refractivity contribution in [1.82, 2.24) is 5.01 Å². The van der Waals surface area contributed by atoms with Gasteiger partial charge in [0.15, 0.2) is 0 Å². The number of unbranched alkanes of at least 4 members (excludes halogenated alkanes) is 9. The molecule has 130 valence electrons. The van der Waals surface area contributed by atoms with Crippen LogP contribution in [0.25, 0.3) is 0 Å². The zero-order valence-corrected chi connectivity index (χ0v) is 14.0. The molecular formula is C15H31N4O3-. The van der Waals surface area contributed by atoms with Gasteiger partial charge in [-0.3, -0.25) is 5.41 Å². The second-order valence-corrected chi connectivity index (χ2v) is 5.26. The molecule has 0 aromatic heterocycles. The Hall–Kier alpha value is -1.66. The Morgan fingerprint density at radius 2 is 1.41 bits per heavy atom. The Bertz CT molecular complexity index is 295. The summed E-state index contributed by atoms with van der Waals surface area (Å²) in [7, 11) is 0. The lowest BCUT2D eigenvalue weighted by atomic mass is 10.1. The van der Waals surface area contributed by atoms with E-state index in [9.17, 15) is 4.91 Å². The molecule has 0 aliphatic rings. The third-order valence-electron chi connectivity index (χ3n) is 3.10. The van der Waals surface area contributed by atoms with Gasteiger partial charge in [0, 0.05) is 12.5 Å². The van der Waals surface area contributed by atoms with Crippen LogP contribution in [0.3, 0.4) is 0 Å². The minimum absolute atomic E-state index is 0.263. The van der Waals surface area contributed by atoms with Gasteiger partial charge in [0.05, 0.1) is 5.29 Å². The maximum absolute atomic E-state index is 10.3. The van der Waals surface area contributed by atoms with Gasteiger partial charge in [-0.2, -0.15) is 5.01 Å². The maximum atomic E-state index is 10.3. The summed E-state index contributed by atoms with van der Waals surface area (Å²) in [5.41, 5.74) is 5.18. The van der Waals surface area contributed by atoms with Crippen molar-refractivity contribution in [2.24, 2.45) is 11.0 Å². The minimum Gasteiger partial charge on any atom is -0.550 e. The zero-order chi connectivity index (χ0) is 17.2. The van der Waals surface area contributed by atoms with Crippen molar-refractivity contribution in [3.63, 3.8) is 0 Å². The molecule has 0 unspecified atom stereocenters. The fourth-order valence-electron chi connectivity index (χ4n) is 1.95. The molecule has 0 fully saturated rings. The highest BCUT2D eigenvalue weighted by Crippen LogP contribution is 2.10. The lowest BCUT2D eigenvalue weighted by Gasteiger charge is -2.11. The lowest BCUT2D eigenvalue weighted by molar-refractivity contribution is -0.302. The van der Waals surface area contributed by atoms with Gasteiger partial charge in [0.2, 0.25) is 5.96 Å². The summed E-state index contributed by atoms with van der Waals surface area (Å²) in [6.45, 7) is 3.67. The Morgan fingerprint density at radius 1 is 1.05 bits per heavy atom. The number of hydrogen-bond donors (Lipinski definition) is 2. The van der Waals surface area contributed by atoms with E-state index in [4.69, 9.17) is 21.0 Å². The molecule has 0 aromatic rings. The first-order chi connectivity index (χ1) is 10.5. The summed E-state index contributed by atoms with van der Waals surface area (Å²) in [5.74, 6) is -1.35. The van der Waals surface area contributed by atoms with E-state index in [2.05, 4.69) is 12.2 Å². The van der Waals surface area contributed by atoms with E-state index in [1.807, 2.05) is 0 Å². The Morgan fingerprint density at radius 3 is 1.73 bits per heavy atom. The van der Waals surface area contributed by atoms with Gasteiger partial charge >= 0.3 is 0 Å². The van der Waals surface area contributed by atoms with Crippen LogP contribution in [-0.2, 0) is 4.79 Å². The Balaban J connectivity index is 0. The van der Waals surface area contributed by atoms with Crippen LogP contribution in [0.5, 0.6) is 0 Å². The second kappa shape index (κ2) is 17.4. The van der Waals surface area contributed by atoms with E-state index in [1.54, 1.807) is 0 Å². The van der Waals surface area contributed by atoms with Gasteiger partial charge in [-0.15, -0.1) is 4.91 Å². The van der Waals surface area contributed by atoms with E-state index < -0.39 is 5.97 Å². The topological polar surface area (TPSA) is 123 Å². The van der Waals surface area contributed by atoms with E-state index in [-0.39, 0.29) is 5.96 Å². The summed E-state index contributed by atoms with van der Waals surface area (Å²) in [4.78, 5) is 19.2. The number of carboxylic acid groups (broad SMARTS) is 1. The summed E-state index contributed by atoms with van der Waals surface area (Å²) < 4.78 is 0. The van der Waals surface area contributed by atoms with E-state index >= 15 is 0 Å². The molecule has 0 atom stereocenters. The molecule has 0 saturated carbocycles. The van der Waals surface area contributed by atoms with Crippen molar-refractivity contribution in [2.75, 3.05) is 6.54 Å². The Kier molecular flexibility index (Phi) is 17.9. The lowest BCUT2D eigenvalue weighted by Crippen LogP contribution is -2.32. The normalized spacial score (nSPS) is 9.55. The van der Waals surface area contributed by atoms with E-state index in [0.29, 0.717) is 6.54 Å². The molecule has 3 N–H and O–H groups in total. The highest BCUT2D eigenvalue weighted by Gasteiger charge is 2.04. The summed E-state index contributed by atoms with van der Waals surface area (Å²) in [5, 5.41) is 19.7. The highest BCUT2D eigenvalue weighted by atomic mass is 16.4. The molecule has 7 heteroatoms. The summed E-state index contributed by atoms with van der Waals surface area (Å²) in [6, 6.07) is 0. The number of carbonyl (C=O) groups excluding carboxylic acids is 1. The predicted octanol–water partition coefficient (Wildman–Crippen LogP) is 2.54. The van der Waals surface area contributed by atoms with Crippen molar-refractivity contribution >= 4 is 11.9 Å². The van der Waals surface area contributed by atoms with Crippen LogP contribution in [0.2, 0.25) is 0 Å². The summed E-state index contributed by atoms with van der Waals surface area (Å²) >= 11 is 0. The van der Waals surface area contributed by atoms with Crippen molar-refractivity contribution < 1.29 is 9.90 Å². The number of rotatable bonds is 12. The maximum Gasteiger partial charge on any atom is 0.211 e. The van der Waals surface area contributed by atoms with Crippen LogP contribution in [-0.4, -0.2) is 23.5 Å². The van der Waals surface area contributed by atoms with Crippen LogP contribution >= 0.6 is 0 Å². The van der Waals surface area contributed by atoms with Crippen LogP contribution in [0.1, 0.15) is 78.1 Å². The van der Waals surface area contributed by atoms with Crippen LogP contribution < -0.4 is 10.8 Å². The van der Waals surface area contributed by atoms with Gasteiger partial charge in [-0.1, -0.05) is 64.7 Å². The standard InChI is InChI=1S/C13H28N4O.C2H4O2/c1-2-3-4-5-6-7-8-9-10-11-12-17(16-18)13(14)15;1-2(3)4/h2-12H2,1H3,(H3,14,15);1H3,(H,3,4)/p-1. The van der Waals surface area contributed by atoms with E-state index in [0.717, 1.165) is 24.8 Å². The molecule has 0 bridgehead atoms. The average Bonchev–Trinajstić information content (AvgIpc) is 2.44. The number of nitrogens with one attached hydrogen (secondary N) is 1. The Labute approximate surface area is 133 Å². The largest absolute Gasteiger partial charge is 0.550 e. The highest BCUT2D eigenvalue weighted by molar-refractivity contribution is 5.74. The molecule has 0 amide bonds. The molecule has 0 aromatic carbocycles. The number of nitrogens with zero attached hydrogens (tertiary/aromatic N) is 2. The number of aliphatic carboxylic acids is 1. The zero-order valence-electron chi connectivity index (χ0n) is 14.0. The average molecular weight is 315 g/mol. The number of guanidine groups is 1. The van der Waals surface area contributed by atoms with Gasteiger partial charge in [-0.25, -0.2) is 0 Å². The number of hydrogen-bond acceptors (Lipinski definition) is 5. The number of carboxylic acids is 1. The molecule has 7 nitrogen and oxygen atoms in total. The molecule has 0 aliphatic carbocycles.